The highest BCUT2D eigenvalue weighted by molar-refractivity contribution is 6.06. The highest BCUT2D eigenvalue weighted by Gasteiger charge is 2.53. The maximum Gasteiger partial charge on any atom is 0.329 e. The molecule has 6 heteroatoms. The fraction of sp³-hybridized carbons (Fsp3) is 0.800. The van der Waals surface area contributed by atoms with Gasteiger partial charge in [-0.2, -0.15) is 0 Å². The van der Waals surface area contributed by atoms with Crippen molar-refractivity contribution in [1.29, 1.82) is 0 Å². The number of imide groups is 1. The van der Waals surface area contributed by atoms with Gasteiger partial charge in [0.05, 0.1) is 13.3 Å². The average Bonchev–Trinajstić information content (AvgIpc) is 2.71. The van der Waals surface area contributed by atoms with Gasteiger partial charge in [0.1, 0.15) is 5.54 Å². The lowest BCUT2D eigenvalue weighted by atomic mass is 9.93. The molecule has 0 N–H and O–H groups in total. The van der Waals surface area contributed by atoms with Crippen LogP contribution in [0.4, 0.5) is 4.79 Å². The molecule has 1 atom stereocenters. The van der Waals surface area contributed by atoms with Crippen molar-refractivity contribution in [3.63, 3.8) is 0 Å². The number of carbonyl (C=O) groups excluding carboxylic acids is 2. The molecule has 0 saturated carbocycles. The highest BCUT2D eigenvalue weighted by Crippen LogP contribution is 2.32. The second-order valence-corrected chi connectivity index (χ2v) is 7.98. The number of allylic oxidation sites excluding steroid dienone is 2. The van der Waals surface area contributed by atoms with E-state index in [1.165, 1.54) is 10.5 Å². The van der Waals surface area contributed by atoms with E-state index in [0.717, 1.165) is 32.4 Å². The van der Waals surface area contributed by atoms with E-state index in [-0.39, 0.29) is 11.9 Å². The molecule has 1 fully saturated rings. The largest absolute Gasteiger partial charge is 0.329 e. The number of rotatable bonds is 11. The van der Waals surface area contributed by atoms with Crippen LogP contribution in [0, 0.1) is 0 Å². The molecule has 26 heavy (non-hydrogen) atoms. The summed E-state index contributed by atoms with van der Waals surface area (Å²) in [6.07, 6.45) is 5.60. The van der Waals surface area contributed by atoms with E-state index < -0.39 is 5.54 Å². The third-order valence-electron chi connectivity index (χ3n) is 4.92. The van der Waals surface area contributed by atoms with Crippen LogP contribution in [0.15, 0.2) is 11.6 Å². The monoisotopic (exact) mass is 366 g/mol. The number of amides is 3. The minimum atomic E-state index is -0.780. The Balaban J connectivity index is 3.04. The topological polar surface area (TPSA) is 47.1 Å². The predicted octanol–water partition coefficient (Wildman–Crippen LogP) is 3.35. The first-order chi connectivity index (χ1) is 12.2. The van der Waals surface area contributed by atoms with Crippen LogP contribution in [0.3, 0.4) is 0 Å². The lowest BCUT2D eigenvalue weighted by Crippen LogP contribution is -2.51. The molecular formula is C20H38N4O2. The lowest BCUT2D eigenvalue weighted by molar-refractivity contribution is -0.134. The van der Waals surface area contributed by atoms with Crippen molar-refractivity contribution in [2.24, 2.45) is 0 Å². The molecule has 3 amide bonds. The molecule has 0 aromatic heterocycles. The smallest absolute Gasteiger partial charge is 0.297 e. The zero-order valence-electron chi connectivity index (χ0n) is 17.8. The van der Waals surface area contributed by atoms with Crippen molar-refractivity contribution in [2.45, 2.75) is 65.8 Å². The second-order valence-electron chi connectivity index (χ2n) is 7.98. The Morgan fingerprint density at radius 2 is 1.58 bits per heavy atom. The van der Waals surface area contributed by atoms with Gasteiger partial charge < -0.3 is 0 Å². The van der Waals surface area contributed by atoms with Crippen LogP contribution in [-0.2, 0) is 4.79 Å². The molecular weight excluding hydrogens is 328 g/mol. The summed E-state index contributed by atoms with van der Waals surface area (Å²) in [6, 6.07) is -0.166. The maximum absolute atomic E-state index is 13.2. The van der Waals surface area contributed by atoms with Gasteiger partial charge in [0, 0.05) is 0 Å². The zero-order valence-corrected chi connectivity index (χ0v) is 17.8. The van der Waals surface area contributed by atoms with E-state index in [1.54, 1.807) is 4.90 Å². The van der Waals surface area contributed by atoms with E-state index in [9.17, 15) is 9.59 Å². The van der Waals surface area contributed by atoms with E-state index >= 15 is 0 Å². The number of hydrogen-bond acceptors (Lipinski definition) is 4. The molecule has 1 unspecified atom stereocenters. The van der Waals surface area contributed by atoms with E-state index in [4.69, 9.17) is 0 Å². The van der Waals surface area contributed by atoms with Crippen LogP contribution in [0.25, 0.3) is 0 Å². The molecule has 0 spiro atoms. The number of hydrogen-bond donors (Lipinski definition) is 0. The second kappa shape index (κ2) is 10.1. The summed E-state index contributed by atoms with van der Waals surface area (Å²) in [4.78, 5) is 33.6. The van der Waals surface area contributed by atoms with Crippen LogP contribution in [-0.4, -0.2) is 77.6 Å². The van der Waals surface area contributed by atoms with Crippen molar-refractivity contribution >= 4 is 11.9 Å². The zero-order chi connectivity index (χ0) is 19.9. The van der Waals surface area contributed by atoms with Crippen LogP contribution >= 0.6 is 0 Å². The Bertz CT molecular complexity index is 516. The molecule has 0 aliphatic carbocycles. The molecule has 6 nitrogen and oxygen atoms in total. The van der Waals surface area contributed by atoms with Gasteiger partial charge in [-0.15, -0.1) is 0 Å². The normalized spacial score (nSPS) is 20.7. The first kappa shape index (κ1) is 22.6. The summed E-state index contributed by atoms with van der Waals surface area (Å²) in [6.45, 7) is 12.9. The predicted molar refractivity (Wildman–Crippen MR) is 107 cm³/mol. The lowest BCUT2D eigenvalue weighted by Gasteiger charge is -2.34. The van der Waals surface area contributed by atoms with Gasteiger partial charge in [0.2, 0.25) is 0 Å². The summed E-state index contributed by atoms with van der Waals surface area (Å²) in [5.41, 5.74) is 0.456. The van der Waals surface area contributed by atoms with Crippen LogP contribution in [0.5, 0.6) is 0 Å². The molecule has 0 bridgehead atoms. The third kappa shape index (κ3) is 5.55. The molecule has 1 rings (SSSR count). The van der Waals surface area contributed by atoms with Crippen molar-refractivity contribution in [3.8, 4) is 0 Å². The molecule has 0 aromatic rings. The Morgan fingerprint density at radius 3 is 2.08 bits per heavy atom. The maximum atomic E-state index is 13.2. The molecule has 1 aliphatic heterocycles. The Hall–Kier alpha value is -1.40. The van der Waals surface area contributed by atoms with Gasteiger partial charge in [-0.05, 0) is 73.6 Å². The Kier molecular flexibility index (Phi) is 8.77. The number of urea groups is 1. The fourth-order valence-electron chi connectivity index (χ4n) is 3.46. The summed E-state index contributed by atoms with van der Waals surface area (Å²) in [7, 11) is 3.96. The fourth-order valence-corrected chi connectivity index (χ4v) is 3.46. The molecule has 0 aromatic carbocycles. The van der Waals surface area contributed by atoms with Crippen molar-refractivity contribution in [3.05, 3.63) is 11.6 Å². The first-order valence-corrected chi connectivity index (χ1v) is 9.81. The molecule has 1 saturated heterocycles. The highest BCUT2D eigenvalue weighted by atomic mass is 16.2. The quantitative estimate of drug-likeness (QED) is 0.416. The van der Waals surface area contributed by atoms with Gasteiger partial charge in [-0.3, -0.25) is 19.5 Å². The summed E-state index contributed by atoms with van der Waals surface area (Å²) < 4.78 is 0. The third-order valence-corrected chi connectivity index (χ3v) is 4.92. The molecule has 0 radical (unpaired) electrons. The summed E-state index contributed by atoms with van der Waals surface area (Å²) in [5, 5.41) is 0. The minimum absolute atomic E-state index is 0.0718. The SMILES string of the molecule is CCCN(C)CN1C(=O)N(CN(C)CCC)C(C)(CCC=C(C)C)C1=O. The molecule has 150 valence electrons. The number of carbonyl (C=O) groups is 2. The van der Waals surface area contributed by atoms with Crippen LogP contribution in [0.2, 0.25) is 0 Å². The average molecular weight is 367 g/mol. The molecule has 1 aliphatic rings. The standard InChI is InChI=1S/C20H38N4O2/c1-8-13-21(6)15-23-18(25)20(5,12-10-11-17(3)4)24(19(23)26)16-22(7)14-9-2/h11H,8-10,12-16H2,1-7H3. The van der Waals surface area contributed by atoms with Gasteiger partial charge >= 0.3 is 6.03 Å². The van der Waals surface area contributed by atoms with Gasteiger partial charge in [0.25, 0.3) is 5.91 Å². The van der Waals surface area contributed by atoms with E-state index in [0.29, 0.717) is 19.8 Å². The van der Waals surface area contributed by atoms with Crippen LogP contribution in [0.1, 0.15) is 60.3 Å². The van der Waals surface area contributed by atoms with Gasteiger partial charge in [0.15, 0.2) is 0 Å². The van der Waals surface area contributed by atoms with E-state index in [1.807, 2.05) is 25.9 Å². The Morgan fingerprint density at radius 1 is 1.04 bits per heavy atom. The summed E-state index contributed by atoms with van der Waals surface area (Å²) >= 11 is 0. The van der Waals surface area contributed by atoms with Crippen molar-refractivity contribution in [2.75, 3.05) is 40.5 Å². The van der Waals surface area contributed by atoms with Crippen molar-refractivity contribution < 1.29 is 9.59 Å². The Labute approximate surface area is 159 Å². The van der Waals surface area contributed by atoms with Crippen molar-refractivity contribution in [1.82, 2.24) is 19.6 Å². The van der Waals surface area contributed by atoms with E-state index in [2.05, 4.69) is 38.7 Å². The summed E-state index contributed by atoms with van der Waals surface area (Å²) in [5.74, 6) is -0.0718. The van der Waals surface area contributed by atoms with Gasteiger partial charge in [-0.25, -0.2) is 9.69 Å². The molecule has 1 heterocycles. The van der Waals surface area contributed by atoms with Gasteiger partial charge in [-0.1, -0.05) is 25.5 Å². The first-order valence-electron chi connectivity index (χ1n) is 9.81. The number of nitrogens with zero attached hydrogens (tertiary/aromatic N) is 4. The van der Waals surface area contributed by atoms with Crippen LogP contribution < -0.4 is 0 Å². The minimum Gasteiger partial charge on any atom is -0.297 e.